The number of carbonyl (C=O) groups excluding carboxylic acids is 2. The summed E-state index contributed by atoms with van der Waals surface area (Å²) in [5, 5.41) is 2.82. The van der Waals surface area contributed by atoms with Gasteiger partial charge in [0, 0.05) is 30.1 Å². The topological polar surface area (TPSA) is 49.4 Å². The van der Waals surface area contributed by atoms with E-state index in [2.05, 4.69) is 5.32 Å². The van der Waals surface area contributed by atoms with Crippen molar-refractivity contribution in [2.24, 2.45) is 0 Å². The van der Waals surface area contributed by atoms with E-state index in [9.17, 15) is 14.0 Å². The highest BCUT2D eigenvalue weighted by atomic mass is 32.2. The van der Waals surface area contributed by atoms with Crippen LogP contribution >= 0.6 is 11.8 Å². The minimum Gasteiger partial charge on any atom is -0.339 e. The monoisotopic (exact) mass is 374 g/mol. The summed E-state index contributed by atoms with van der Waals surface area (Å²) in [5.74, 6) is 0.560. The lowest BCUT2D eigenvalue weighted by atomic mass is 10.2. The van der Waals surface area contributed by atoms with Crippen LogP contribution in [0.15, 0.2) is 48.5 Å². The maximum atomic E-state index is 12.8. The molecule has 0 aliphatic heterocycles. The van der Waals surface area contributed by atoms with Crippen LogP contribution in [0.4, 0.5) is 10.1 Å². The molecule has 2 amide bonds. The molecule has 0 atom stereocenters. The Morgan fingerprint density at radius 1 is 1.00 bits per heavy atom. The lowest BCUT2D eigenvalue weighted by Gasteiger charge is -2.18. The number of anilines is 1. The average Bonchev–Trinajstić information content (AvgIpc) is 2.65. The Morgan fingerprint density at radius 2 is 1.62 bits per heavy atom. The summed E-state index contributed by atoms with van der Waals surface area (Å²) >= 11 is 1.46. The van der Waals surface area contributed by atoms with Crippen LogP contribution in [-0.2, 0) is 10.5 Å². The van der Waals surface area contributed by atoms with E-state index < -0.39 is 0 Å². The van der Waals surface area contributed by atoms with Crippen LogP contribution in [0.2, 0.25) is 0 Å². The fraction of sp³-hybridized carbons (Fsp3) is 0.300. The van der Waals surface area contributed by atoms with Gasteiger partial charge in [0.05, 0.1) is 5.75 Å². The van der Waals surface area contributed by atoms with Crippen LogP contribution in [0.3, 0.4) is 0 Å². The molecule has 0 aromatic heterocycles. The number of hydrogen-bond donors (Lipinski definition) is 1. The Morgan fingerprint density at radius 3 is 2.19 bits per heavy atom. The number of rotatable bonds is 8. The van der Waals surface area contributed by atoms with E-state index in [0.717, 1.165) is 5.56 Å². The van der Waals surface area contributed by atoms with Crippen molar-refractivity contribution in [3.63, 3.8) is 0 Å². The second kappa shape index (κ2) is 9.97. The molecular formula is C20H23FN2O2S. The van der Waals surface area contributed by atoms with Crippen LogP contribution in [0, 0.1) is 5.82 Å². The quantitative estimate of drug-likeness (QED) is 0.754. The molecule has 0 unspecified atom stereocenters. The third kappa shape index (κ3) is 5.88. The minimum atomic E-state index is -0.264. The van der Waals surface area contributed by atoms with Crippen LogP contribution in [0.5, 0.6) is 0 Å². The van der Waals surface area contributed by atoms with E-state index in [-0.39, 0.29) is 17.6 Å². The van der Waals surface area contributed by atoms with E-state index in [4.69, 9.17) is 0 Å². The van der Waals surface area contributed by atoms with Gasteiger partial charge < -0.3 is 10.2 Å². The average molecular weight is 374 g/mol. The van der Waals surface area contributed by atoms with Crippen molar-refractivity contribution in [2.75, 3.05) is 24.2 Å². The standard InChI is InChI=1S/C20H23FN2O2S/c1-3-23(4-2)20(25)16-7-11-18(12-8-16)22-19(24)14-26-13-15-5-9-17(21)10-6-15/h5-12H,3-4,13-14H2,1-2H3,(H,22,24). The molecular weight excluding hydrogens is 351 g/mol. The van der Waals surface area contributed by atoms with E-state index in [1.807, 2.05) is 13.8 Å². The van der Waals surface area contributed by atoms with Gasteiger partial charge >= 0.3 is 0 Å². The Balaban J connectivity index is 1.81. The van der Waals surface area contributed by atoms with Gasteiger partial charge in [0.1, 0.15) is 5.82 Å². The van der Waals surface area contributed by atoms with Crippen molar-refractivity contribution < 1.29 is 14.0 Å². The van der Waals surface area contributed by atoms with E-state index in [0.29, 0.717) is 35.8 Å². The summed E-state index contributed by atoms with van der Waals surface area (Å²) < 4.78 is 12.8. The highest BCUT2D eigenvalue weighted by molar-refractivity contribution is 7.99. The minimum absolute atomic E-state index is 0.0114. The summed E-state index contributed by atoms with van der Waals surface area (Å²) in [7, 11) is 0. The molecule has 2 aromatic rings. The Kier molecular flexibility index (Phi) is 7.66. The highest BCUT2D eigenvalue weighted by Crippen LogP contribution is 2.15. The largest absolute Gasteiger partial charge is 0.339 e. The molecule has 0 saturated carbocycles. The predicted molar refractivity (Wildman–Crippen MR) is 105 cm³/mol. The van der Waals surface area contributed by atoms with Gasteiger partial charge in [0.25, 0.3) is 5.91 Å². The van der Waals surface area contributed by atoms with Crippen LogP contribution in [0.1, 0.15) is 29.8 Å². The molecule has 138 valence electrons. The number of amides is 2. The van der Waals surface area contributed by atoms with Crippen molar-refractivity contribution >= 4 is 29.3 Å². The van der Waals surface area contributed by atoms with Gasteiger partial charge in [-0.1, -0.05) is 12.1 Å². The zero-order valence-corrected chi connectivity index (χ0v) is 15.8. The summed E-state index contributed by atoms with van der Waals surface area (Å²) in [6, 6.07) is 13.2. The fourth-order valence-electron chi connectivity index (χ4n) is 2.43. The van der Waals surface area contributed by atoms with Crippen LogP contribution in [-0.4, -0.2) is 35.6 Å². The molecule has 0 fully saturated rings. The Hall–Kier alpha value is -2.34. The summed E-state index contributed by atoms with van der Waals surface area (Å²) in [6.07, 6.45) is 0. The number of hydrogen-bond acceptors (Lipinski definition) is 3. The highest BCUT2D eigenvalue weighted by Gasteiger charge is 2.12. The van der Waals surface area contributed by atoms with Crippen molar-refractivity contribution in [1.82, 2.24) is 4.90 Å². The normalized spacial score (nSPS) is 10.4. The van der Waals surface area contributed by atoms with Crippen molar-refractivity contribution in [3.05, 3.63) is 65.5 Å². The number of carbonyl (C=O) groups is 2. The van der Waals surface area contributed by atoms with Gasteiger partial charge in [0.2, 0.25) is 5.91 Å². The molecule has 2 rings (SSSR count). The Bertz CT molecular complexity index is 728. The molecule has 0 radical (unpaired) electrons. The fourth-order valence-corrected chi connectivity index (χ4v) is 3.22. The second-order valence-corrected chi connectivity index (χ2v) is 6.71. The number of nitrogens with zero attached hydrogens (tertiary/aromatic N) is 1. The zero-order valence-electron chi connectivity index (χ0n) is 15.0. The van der Waals surface area contributed by atoms with Crippen molar-refractivity contribution in [3.8, 4) is 0 Å². The lowest BCUT2D eigenvalue weighted by Crippen LogP contribution is -2.30. The van der Waals surface area contributed by atoms with Gasteiger partial charge in [0.15, 0.2) is 0 Å². The number of benzene rings is 2. The van der Waals surface area contributed by atoms with Crippen molar-refractivity contribution in [1.29, 1.82) is 0 Å². The molecule has 0 spiro atoms. The van der Waals surface area contributed by atoms with Crippen LogP contribution < -0.4 is 5.32 Å². The number of nitrogens with one attached hydrogen (secondary N) is 1. The van der Waals surface area contributed by atoms with E-state index >= 15 is 0 Å². The first-order valence-electron chi connectivity index (χ1n) is 8.54. The molecule has 2 aromatic carbocycles. The van der Waals surface area contributed by atoms with E-state index in [1.54, 1.807) is 41.3 Å². The molecule has 0 bridgehead atoms. The van der Waals surface area contributed by atoms with Gasteiger partial charge in [-0.2, -0.15) is 0 Å². The van der Waals surface area contributed by atoms with E-state index in [1.165, 1.54) is 23.9 Å². The first-order valence-corrected chi connectivity index (χ1v) is 9.70. The summed E-state index contributed by atoms with van der Waals surface area (Å²) in [5.41, 5.74) is 2.24. The third-order valence-corrected chi connectivity index (χ3v) is 4.89. The molecule has 0 saturated heterocycles. The summed E-state index contributed by atoms with van der Waals surface area (Å²) in [6.45, 7) is 5.22. The predicted octanol–water partition coefficient (Wildman–Crippen LogP) is 4.18. The van der Waals surface area contributed by atoms with Gasteiger partial charge in [-0.05, 0) is 55.8 Å². The number of thioether (sulfide) groups is 1. The van der Waals surface area contributed by atoms with Gasteiger partial charge in [-0.3, -0.25) is 9.59 Å². The SMILES string of the molecule is CCN(CC)C(=O)c1ccc(NC(=O)CSCc2ccc(F)cc2)cc1. The van der Waals surface area contributed by atoms with Crippen LogP contribution in [0.25, 0.3) is 0 Å². The third-order valence-electron chi connectivity index (χ3n) is 3.88. The first-order chi connectivity index (χ1) is 12.5. The molecule has 0 heterocycles. The Labute approximate surface area is 157 Å². The molecule has 1 N–H and O–H groups in total. The van der Waals surface area contributed by atoms with Crippen molar-refractivity contribution in [2.45, 2.75) is 19.6 Å². The molecule has 0 aliphatic carbocycles. The second-order valence-electron chi connectivity index (χ2n) is 5.72. The number of halogens is 1. The molecule has 0 aliphatic rings. The molecule has 6 heteroatoms. The maximum Gasteiger partial charge on any atom is 0.253 e. The summed E-state index contributed by atoms with van der Waals surface area (Å²) in [4.78, 5) is 26.0. The smallest absolute Gasteiger partial charge is 0.253 e. The lowest BCUT2D eigenvalue weighted by molar-refractivity contribution is -0.113. The zero-order chi connectivity index (χ0) is 18.9. The maximum absolute atomic E-state index is 12.8. The van der Waals surface area contributed by atoms with Gasteiger partial charge in [-0.15, -0.1) is 11.8 Å². The molecule has 26 heavy (non-hydrogen) atoms. The van der Waals surface area contributed by atoms with Gasteiger partial charge in [-0.25, -0.2) is 4.39 Å². The molecule has 4 nitrogen and oxygen atoms in total. The first kappa shape index (κ1) is 20.0.